The topological polar surface area (TPSA) is 57.0 Å². The Morgan fingerprint density at radius 3 is 3.26 bits per heavy atom. The minimum atomic E-state index is 0.000715. The zero-order valence-electron chi connectivity index (χ0n) is 10.8. The van der Waals surface area contributed by atoms with Gasteiger partial charge in [0.1, 0.15) is 0 Å². The standard InChI is InChI=1S/C14H17N3O2/c18-14-12-8-15-5-3-13(12)16-10-17(14)6-1-2-11-4-7-19-9-11/h3,5,8,10-11H,1-2,4,6-7,9H2/t11-/m1/s1. The Bertz CT molecular complexity index is 617. The van der Waals surface area contributed by atoms with Crippen LogP contribution in [0, 0.1) is 5.92 Å². The first-order chi connectivity index (χ1) is 9.34. The van der Waals surface area contributed by atoms with Gasteiger partial charge in [-0.15, -0.1) is 0 Å². The van der Waals surface area contributed by atoms with E-state index in [0.717, 1.165) is 32.5 Å². The predicted molar refractivity (Wildman–Crippen MR) is 72.0 cm³/mol. The number of aryl methyl sites for hydroxylation is 1. The molecular weight excluding hydrogens is 242 g/mol. The monoisotopic (exact) mass is 259 g/mol. The lowest BCUT2D eigenvalue weighted by Gasteiger charge is -2.09. The molecular formula is C14H17N3O2. The molecule has 3 rings (SSSR count). The molecule has 3 heterocycles. The Hall–Kier alpha value is -1.75. The number of pyridine rings is 1. The molecule has 0 amide bonds. The highest BCUT2D eigenvalue weighted by atomic mass is 16.5. The van der Waals surface area contributed by atoms with Crippen LogP contribution in [0.3, 0.4) is 0 Å². The molecule has 0 unspecified atom stereocenters. The summed E-state index contributed by atoms with van der Waals surface area (Å²) in [6.07, 6.45) is 8.12. The van der Waals surface area contributed by atoms with Crippen molar-refractivity contribution in [3.63, 3.8) is 0 Å². The van der Waals surface area contributed by atoms with Crippen LogP contribution in [0.2, 0.25) is 0 Å². The first-order valence-corrected chi connectivity index (χ1v) is 6.71. The van der Waals surface area contributed by atoms with E-state index in [1.807, 2.05) is 0 Å². The van der Waals surface area contributed by atoms with Crippen molar-refractivity contribution < 1.29 is 4.74 Å². The van der Waals surface area contributed by atoms with Gasteiger partial charge in [0.15, 0.2) is 0 Å². The van der Waals surface area contributed by atoms with Gasteiger partial charge in [-0.3, -0.25) is 14.3 Å². The summed E-state index contributed by atoms with van der Waals surface area (Å²) in [4.78, 5) is 20.5. The van der Waals surface area contributed by atoms with Crippen molar-refractivity contribution in [2.24, 2.45) is 5.92 Å². The van der Waals surface area contributed by atoms with Crippen LogP contribution in [-0.2, 0) is 11.3 Å². The molecule has 5 heteroatoms. The van der Waals surface area contributed by atoms with Crippen LogP contribution in [0.5, 0.6) is 0 Å². The third kappa shape index (κ3) is 2.66. The summed E-state index contributed by atoms with van der Waals surface area (Å²) in [5, 5.41) is 0.592. The molecule has 1 aliphatic heterocycles. The average Bonchev–Trinajstić information content (AvgIpc) is 2.95. The molecule has 0 bridgehead atoms. The summed E-state index contributed by atoms with van der Waals surface area (Å²) in [6.45, 7) is 2.47. The van der Waals surface area contributed by atoms with E-state index >= 15 is 0 Å². The second-order valence-electron chi connectivity index (χ2n) is 5.01. The van der Waals surface area contributed by atoms with E-state index < -0.39 is 0 Å². The van der Waals surface area contributed by atoms with Gasteiger partial charge in [-0.05, 0) is 31.2 Å². The number of hydrogen-bond donors (Lipinski definition) is 0. The van der Waals surface area contributed by atoms with E-state index in [1.165, 1.54) is 0 Å². The van der Waals surface area contributed by atoms with Gasteiger partial charge in [-0.2, -0.15) is 0 Å². The fraction of sp³-hybridized carbons (Fsp3) is 0.500. The maximum absolute atomic E-state index is 12.2. The fourth-order valence-corrected chi connectivity index (χ4v) is 2.52. The minimum absolute atomic E-state index is 0.000715. The summed E-state index contributed by atoms with van der Waals surface area (Å²) < 4.78 is 7.03. The molecule has 0 N–H and O–H groups in total. The van der Waals surface area contributed by atoms with Crippen molar-refractivity contribution in [3.05, 3.63) is 35.1 Å². The van der Waals surface area contributed by atoms with Crippen molar-refractivity contribution in [1.82, 2.24) is 14.5 Å². The second kappa shape index (κ2) is 5.48. The smallest absolute Gasteiger partial charge is 0.262 e. The fourth-order valence-electron chi connectivity index (χ4n) is 2.52. The number of nitrogens with zero attached hydrogens (tertiary/aromatic N) is 3. The Balaban J connectivity index is 1.70. The zero-order valence-corrected chi connectivity index (χ0v) is 10.8. The van der Waals surface area contributed by atoms with Crippen LogP contribution in [0.1, 0.15) is 19.3 Å². The number of rotatable bonds is 4. The van der Waals surface area contributed by atoms with E-state index in [4.69, 9.17) is 4.74 Å². The molecule has 1 saturated heterocycles. The van der Waals surface area contributed by atoms with Crippen LogP contribution >= 0.6 is 0 Å². The van der Waals surface area contributed by atoms with E-state index in [-0.39, 0.29) is 5.56 Å². The largest absolute Gasteiger partial charge is 0.381 e. The van der Waals surface area contributed by atoms with Gasteiger partial charge in [0.25, 0.3) is 5.56 Å². The molecule has 0 aromatic carbocycles. The molecule has 0 saturated carbocycles. The van der Waals surface area contributed by atoms with Crippen molar-refractivity contribution in [2.75, 3.05) is 13.2 Å². The van der Waals surface area contributed by atoms with E-state index in [0.29, 0.717) is 23.4 Å². The third-order valence-corrected chi connectivity index (χ3v) is 3.66. The predicted octanol–water partition coefficient (Wildman–Crippen LogP) is 1.61. The zero-order chi connectivity index (χ0) is 13.1. The normalized spacial score (nSPS) is 19.1. The van der Waals surface area contributed by atoms with Gasteiger partial charge in [0, 0.05) is 32.2 Å². The Morgan fingerprint density at radius 1 is 1.47 bits per heavy atom. The molecule has 1 atom stereocenters. The summed E-state index contributed by atoms with van der Waals surface area (Å²) in [5.74, 6) is 0.658. The molecule has 100 valence electrons. The number of fused-ring (bicyclic) bond motifs is 1. The molecule has 1 fully saturated rings. The van der Waals surface area contributed by atoms with Crippen LogP contribution in [-0.4, -0.2) is 27.7 Å². The molecule has 5 nitrogen and oxygen atoms in total. The first-order valence-electron chi connectivity index (χ1n) is 6.71. The number of ether oxygens (including phenoxy) is 1. The Labute approximate surface area is 111 Å². The number of hydrogen-bond acceptors (Lipinski definition) is 4. The molecule has 1 aliphatic rings. The minimum Gasteiger partial charge on any atom is -0.381 e. The highest BCUT2D eigenvalue weighted by Crippen LogP contribution is 2.18. The Kier molecular flexibility index (Phi) is 3.55. The van der Waals surface area contributed by atoms with Crippen molar-refractivity contribution in [1.29, 1.82) is 0 Å². The quantitative estimate of drug-likeness (QED) is 0.837. The van der Waals surface area contributed by atoms with Crippen molar-refractivity contribution in [3.8, 4) is 0 Å². The number of aromatic nitrogens is 3. The first kappa shape index (κ1) is 12.3. The van der Waals surface area contributed by atoms with Crippen LogP contribution in [0.25, 0.3) is 10.9 Å². The molecule has 0 aliphatic carbocycles. The summed E-state index contributed by atoms with van der Waals surface area (Å²) in [5.41, 5.74) is 0.709. The second-order valence-corrected chi connectivity index (χ2v) is 5.01. The highest BCUT2D eigenvalue weighted by Gasteiger charge is 2.15. The summed E-state index contributed by atoms with van der Waals surface area (Å²) in [6, 6.07) is 1.76. The lowest BCUT2D eigenvalue weighted by Crippen LogP contribution is -2.21. The van der Waals surface area contributed by atoms with Gasteiger partial charge in [-0.25, -0.2) is 4.98 Å². The van der Waals surface area contributed by atoms with Crippen molar-refractivity contribution >= 4 is 10.9 Å². The molecule has 2 aromatic heterocycles. The highest BCUT2D eigenvalue weighted by molar-refractivity contribution is 5.75. The van der Waals surface area contributed by atoms with Gasteiger partial charge in [0.05, 0.1) is 17.2 Å². The van der Waals surface area contributed by atoms with E-state index in [2.05, 4.69) is 9.97 Å². The lowest BCUT2D eigenvalue weighted by molar-refractivity contribution is 0.183. The molecule has 2 aromatic rings. The molecule has 0 radical (unpaired) electrons. The van der Waals surface area contributed by atoms with Crippen LogP contribution in [0.15, 0.2) is 29.6 Å². The van der Waals surface area contributed by atoms with Gasteiger partial charge in [-0.1, -0.05) is 0 Å². The van der Waals surface area contributed by atoms with Crippen LogP contribution in [0.4, 0.5) is 0 Å². The molecule has 0 spiro atoms. The van der Waals surface area contributed by atoms with Gasteiger partial charge < -0.3 is 4.74 Å². The Morgan fingerprint density at radius 2 is 2.42 bits per heavy atom. The van der Waals surface area contributed by atoms with Gasteiger partial charge >= 0.3 is 0 Å². The summed E-state index contributed by atoms with van der Waals surface area (Å²) >= 11 is 0. The third-order valence-electron chi connectivity index (χ3n) is 3.66. The average molecular weight is 259 g/mol. The van der Waals surface area contributed by atoms with E-state index in [9.17, 15) is 4.79 Å². The van der Waals surface area contributed by atoms with E-state index in [1.54, 1.807) is 29.4 Å². The maximum Gasteiger partial charge on any atom is 0.262 e. The summed E-state index contributed by atoms with van der Waals surface area (Å²) in [7, 11) is 0. The SMILES string of the molecule is O=c1c2cnccc2ncn1CCC[C@@H]1CCOC1. The van der Waals surface area contributed by atoms with Gasteiger partial charge in [0.2, 0.25) is 0 Å². The maximum atomic E-state index is 12.2. The van der Waals surface area contributed by atoms with Crippen molar-refractivity contribution in [2.45, 2.75) is 25.8 Å². The lowest BCUT2D eigenvalue weighted by atomic mass is 10.0. The van der Waals surface area contributed by atoms with Crippen LogP contribution < -0.4 is 5.56 Å². The molecule has 19 heavy (non-hydrogen) atoms.